The Morgan fingerprint density at radius 2 is 2.00 bits per heavy atom. The molecule has 3 aliphatic rings. The summed E-state index contributed by atoms with van der Waals surface area (Å²) < 4.78 is 16.6. The van der Waals surface area contributed by atoms with Gasteiger partial charge in [-0.1, -0.05) is 12.5 Å². The Hall–Kier alpha value is -2.55. The second-order valence-electron chi connectivity index (χ2n) is 11.2. The molecule has 0 radical (unpaired) electrons. The van der Waals surface area contributed by atoms with Gasteiger partial charge in [-0.15, -0.1) is 11.3 Å². The van der Waals surface area contributed by atoms with E-state index in [0.717, 1.165) is 35.3 Å². The summed E-state index contributed by atoms with van der Waals surface area (Å²) in [4.78, 5) is 13.2. The quantitative estimate of drug-likeness (QED) is 0.398. The first-order valence-electron chi connectivity index (χ1n) is 12.7. The van der Waals surface area contributed by atoms with Gasteiger partial charge in [0, 0.05) is 11.6 Å². The molecule has 2 saturated carbocycles. The van der Waals surface area contributed by atoms with Crippen LogP contribution in [0.25, 0.3) is 21.3 Å². The molecule has 7 nitrogen and oxygen atoms in total. The number of benzene rings is 1. The Morgan fingerprint density at radius 3 is 2.89 bits per heavy atom. The zero-order valence-corrected chi connectivity index (χ0v) is 21.0. The van der Waals surface area contributed by atoms with Gasteiger partial charge in [0.15, 0.2) is 5.79 Å². The van der Waals surface area contributed by atoms with Gasteiger partial charge in [0.1, 0.15) is 23.9 Å². The van der Waals surface area contributed by atoms with Gasteiger partial charge < -0.3 is 19.8 Å². The van der Waals surface area contributed by atoms with Crippen molar-refractivity contribution in [2.75, 3.05) is 5.73 Å². The first-order chi connectivity index (χ1) is 16.9. The zero-order chi connectivity index (χ0) is 23.8. The predicted octanol–water partition coefficient (Wildman–Crippen LogP) is 5.51. The number of fused-ring (bicyclic) bond motifs is 4. The highest BCUT2D eigenvalue weighted by atomic mass is 32.1. The lowest BCUT2D eigenvalue weighted by Crippen LogP contribution is -2.46. The van der Waals surface area contributed by atoms with Crippen LogP contribution in [0.4, 0.5) is 5.82 Å². The van der Waals surface area contributed by atoms with Gasteiger partial charge >= 0.3 is 0 Å². The summed E-state index contributed by atoms with van der Waals surface area (Å²) in [6.07, 6.45) is 10.9. The molecule has 2 aliphatic carbocycles. The van der Waals surface area contributed by atoms with Crippen LogP contribution in [0.3, 0.4) is 0 Å². The average Bonchev–Trinajstić information content (AvgIpc) is 3.55. The topological polar surface area (TPSA) is 88.1 Å². The number of ether oxygens (including phenoxy) is 2. The van der Waals surface area contributed by atoms with E-state index in [2.05, 4.69) is 43.9 Å². The molecule has 3 atom stereocenters. The van der Waals surface area contributed by atoms with Crippen molar-refractivity contribution < 1.29 is 9.47 Å². The molecule has 4 aromatic rings. The first-order valence-corrected chi connectivity index (χ1v) is 13.5. The highest BCUT2D eigenvalue weighted by molar-refractivity contribution is 7.16. The van der Waals surface area contributed by atoms with Crippen molar-refractivity contribution in [2.45, 2.75) is 76.4 Å². The van der Waals surface area contributed by atoms with Crippen LogP contribution in [0.5, 0.6) is 0 Å². The lowest BCUT2D eigenvalue weighted by Gasteiger charge is -2.49. The van der Waals surface area contributed by atoms with Gasteiger partial charge in [-0.2, -0.15) is 0 Å². The summed E-state index contributed by atoms with van der Waals surface area (Å²) in [5, 5.41) is 0.908. The molecule has 3 aromatic heterocycles. The zero-order valence-electron chi connectivity index (χ0n) is 20.2. The van der Waals surface area contributed by atoms with Crippen LogP contribution >= 0.6 is 11.3 Å². The third-order valence-corrected chi connectivity index (χ3v) is 9.30. The molecular formula is C27H31N5O2S. The summed E-state index contributed by atoms with van der Waals surface area (Å²) in [6.45, 7) is 4.08. The molecule has 0 amide bonds. The largest absolute Gasteiger partial charge is 0.383 e. The summed E-state index contributed by atoms with van der Waals surface area (Å²) in [6, 6.07) is 8.95. The smallest absolute Gasteiger partial charge is 0.163 e. The number of hydrogen-bond donors (Lipinski definition) is 1. The highest BCUT2D eigenvalue weighted by Gasteiger charge is 2.65. The molecule has 0 bridgehead atoms. The van der Waals surface area contributed by atoms with Crippen LogP contribution in [0.1, 0.15) is 57.6 Å². The third kappa shape index (κ3) is 3.49. The van der Waals surface area contributed by atoms with Crippen LogP contribution in [0.15, 0.2) is 42.3 Å². The first kappa shape index (κ1) is 21.7. The number of anilines is 1. The predicted molar refractivity (Wildman–Crippen MR) is 137 cm³/mol. The number of nitrogens with zero attached hydrogens (tertiary/aromatic N) is 4. The molecule has 4 heterocycles. The SMILES string of the molecule is CC1(C)O[C@H]2[C@H](n3ccc4c(N)ncnc43)CC3(CC(CCCc4ccc5scnc5c4)C3)[C@H]2O1. The standard InChI is InChI=1S/C27H31N5O2S/c1-26(2)33-22-20(32-9-8-18-24(28)29-14-30-25(18)32)13-27(23(22)34-26)11-17(12-27)5-3-4-16-6-7-21-19(10-16)31-15-35-21/h6-10,14-15,17,20,22-23H,3-5,11-13H2,1-2H3,(H2,28,29,30)/t17?,20-,22+,23+,27?/m1/s1. The summed E-state index contributed by atoms with van der Waals surface area (Å²) in [5.74, 6) is 0.723. The van der Waals surface area contributed by atoms with E-state index in [0.29, 0.717) is 5.82 Å². The number of nitrogen functional groups attached to an aromatic ring is 1. The Bertz CT molecular complexity index is 1410. The molecule has 1 spiro atoms. The Labute approximate surface area is 208 Å². The van der Waals surface area contributed by atoms with Crippen LogP contribution in [0.2, 0.25) is 0 Å². The fourth-order valence-electron chi connectivity index (χ4n) is 7.05. The van der Waals surface area contributed by atoms with Crippen LogP contribution in [-0.4, -0.2) is 37.5 Å². The third-order valence-electron chi connectivity index (χ3n) is 8.49. The normalized spacial score (nSPS) is 31.4. The molecule has 1 aromatic carbocycles. The Morgan fingerprint density at radius 1 is 1.11 bits per heavy atom. The van der Waals surface area contributed by atoms with Crippen molar-refractivity contribution in [1.29, 1.82) is 0 Å². The van der Waals surface area contributed by atoms with Crippen molar-refractivity contribution >= 4 is 38.4 Å². The number of nitrogens with two attached hydrogens (primary N) is 1. The molecule has 182 valence electrons. The number of aromatic nitrogens is 4. The van der Waals surface area contributed by atoms with Crippen molar-refractivity contribution in [3.63, 3.8) is 0 Å². The van der Waals surface area contributed by atoms with Gasteiger partial charge in [0.2, 0.25) is 0 Å². The monoisotopic (exact) mass is 489 g/mol. The highest BCUT2D eigenvalue weighted by Crippen LogP contribution is 2.64. The lowest BCUT2D eigenvalue weighted by atomic mass is 9.58. The average molecular weight is 490 g/mol. The number of hydrogen-bond acceptors (Lipinski definition) is 7. The van der Waals surface area contributed by atoms with E-state index in [1.54, 1.807) is 17.7 Å². The van der Waals surface area contributed by atoms with E-state index in [1.165, 1.54) is 35.9 Å². The number of aryl methyl sites for hydroxylation is 1. The molecular weight excluding hydrogens is 458 g/mol. The fraction of sp³-hybridized carbons (Fsp3) is 0.519. The van der Waals surface area contributed by atoms with E-state index in [-0.39, 0.29) is 23.7 Å². The lowest BCUT2D eigenvalue weighted by molar-refractivity contribution is -0.182. The van der Waals surface area contributed by atoms with Crippen molar-refractivity contribution in [3.8, 4) is 0 Å². The Balaban J connectivity index is 1.06. The van der Waals surface area contributed by atoms with E-state index in [1.807, 2.05) is 25.4 Å². The van der Waals surface area contributed by atoms with E-state index >= 15 is 0 Å². The van der Waals surface area contributed by atoms with Gasteiger partial charge in [0.25, 0.3) is 0 Å². The fourth-order valence-corrected chi connectivity index (χ4v) is 7.71. The van der Waals surface area contributed by atoms with Gasteiger partial charge in [0.05, 0.1) is 33.3 Å². The van der Waals surface area contributed by atoms with Crippen molar-refractivity contribution in [2.24, 2.45) is 11.3 Å². The molecule has 35 heavy (non-hydrogen) atoms. The van der Waals surface area contributed by atoms with E-state index < -0.39 is 5.79 Å². The minimum Gasteiger partial charge on any atom is -0.383 e. The van der Waals surface area contributed by atoms with Crippen LogP contribution in [-0.2, 0) is 15.9 Å². The summed E-state index contributed by atoms with van der Waals surface area (Å²) in [7, 11) is 0. The molecule has 3 fully saturated rings. The van der Waals surface area contributed by atoms with Gasteiger partial charge in [-0.3, -0.25) is 0 Å². The van der Waals surface area contributed by atoms with Crippen molar-refractivity contribution in [1.82, 2.24) is 19.5 Å². The minimum atomic E-state index is -0.558. The second-order valence-corrected chi connectivity index (χ2v) is 12.1. The molecule has 1 aliphatic heterocycles. The molecule has 1 saturated heterocycles. The number of thiazole rings is 1. The maximum atomic E-state index is 6.55. The van der Waals surface area contributed by atoms with Gasteiger partial charge in [-0.05, 0) is 75.6 Å². The van der Waals surface area contributed by atoms with E-state index in [9.17, 15) is 0 Å². The maximum absolute atomic E-state index is 6.55. The molecule has 7 rings (SSSR count). The molecule has 8 heteroatoms. The maximum Gasteiger partial charge on any atom is 0.163 e. The van der Waals surface area contributed by atoms with E-state index in [4.69, 9.17) is 15.2 Å². The van der Waals surface area contributed by atoms with Gasteiger partial charge in [-0.25, -0.2) is 15.0 Å². The molecule has 2 N–H and O–H groups in total. The summed E-state index contributed by atoms with van der Waals surface area (Å²) >= 11 is 1.71. The number of rotatable bonds is 5. The Kier molecular flexibility index (Phi) is 4.79. The summed E-state index contributed by atoms with van der Waals surface area (Å²) in [5.41, 5.74) is 11.6. The van der Waals surface area contributed by atoms with Crippen molar-refractivity contribution in [3.05, 3.63) is 47.9 Å². The minimum absolute atomic E-state index is 0.0302. The van der Waals surface area contributed by atoms with Crippen LogP contribution < -0.4 is 5.73 Å². The van der Waals surface area contributed by atoms with Crippen LogP contribution in [0, 0.1) is 11.3 Å². The second kappa shape index (κ2) is 7.72. The molecule has 0 unspecified atom stereocenters.